The maximum atomic E-state index is 11.4. The third-order valence-electron chi connectivity index (χ3n) is 2.94. The van der Waals surface area contributed by atoms with Crippen molar-refractivity contribution in [1.82, 2.24) is 20.2 Å². The number of nitrogens with one attached hydrogen (secondary N) is 1. The normalized spacial score (nSPS) is 10.3. The van der Waals surface area contributed by atoms with Gasteiger partial charge in [0.05, 0.1) is 5.69 Å². The standard InChI is InChI=1S/C14H10ClN5O/c15-13-12(2-1-7-16-13)20(9-21)11-5-3-10(4-6-11)14-17-8-18-19-14/h1-9H,(H,17,18,19). The lowest BCUT2D eigenvalue weighted by Crippen LogP contribution is -2.14. The summed E-state index contributed by atoms with van der Waals surface area (Å²) in [5.74, 6) is 0.665. The Balaban J connectivity index is 1.95. The van der Waals surface area contributed by atoms with E-state index in [1.165, 1.54) is 11.2 Å². The first-order chi connectivity index (χ1) is 10.3. The molecule has 1 amide bonds. The van der Waals surface area contributed by atoms with Crippen LogP contribution in [0.15, 0.2) is 48.9 Å². The Labute approximate surface area is 125 Å². The molecular formula is C14H10ClN5O. The minimum absolute atomic E-state index is 0.268. The van der Waals surface area contributed by atoms with Crippen molar-refractivity contribution in [1.29, 1.82) is 0 Å². The van der Waals surface area contributed by atoms with E-state index in [9.17, 15) is 4.79 Å². The Hall–Kier alpha value is -2.73. The van der Waals surface area contributed by atoms with Crippen LogP contribution < -0.4 is 4.90 Å². The van der Waals surface area contributed by atoms with Crippen LogP contribution in [0.1, 0.15) is 0 Å². The zero-order valence-electron chi connectivity index (χ0n) is 10.8. The molecule has 7 heteroatoms. The number of halogens is 1. The van der Waals surface area contributed by atoms with Gasteiger partial charge in [-0.25, -0.2) is 9.97 Å². The number of amides is 1. The highest BCUT2D eigenvalue weighted by Crippen LogP contribution is 2.29. The Morgan fingerprint density at radius 3 is 2.57 bits per heavy atom. The number of hydrogen-bond donors (Lipinski definition) is 1. The van der Waals surface area contributed by atoms with Crippen LogP contribution in [0.5, 0.6) is 0 Å². The lowest BCUT2D eigenvalue weighted by molar-refractivity contribution is -0.106. The van der Waals surface area contributed by atoms with Gasteiger partial charge in [0.2, 0.25) is 6.41 Å². The fourth-order valence-corrected chi connectivity index (χ4v) is 2.15. The van der Waals surface area contributed by atoms with Gasteiger partial charge in [-0.1, -0.05) is 11.6 Å². The summed E-state index contributed by atoms with van der Waals surface area (Å²) in [5.41, 5.74) is 2.09. The van der Waals surface area contributed by atoms with Crippen LogP contribution >= 0.6 is 11.6 Å². The molecule has 0 saturated heterocycles. The van der Waals surface area contributed by atoms with Gasteiger partial charge in [0.25, 0.3) is 0 Å². The summed E-state index contributed by atoms with van der Waals surface area (Å²) < 4.78 is 0. The predicted octanol–water partition coefficient (Wildman–Crippen LogP) is 2.81. The van der Waals surface area contributed by atoms with Gasteiger partial charge >= 0.3 is 0 Å². The lowest BCUT2D eigenvalue weighted by atomic mass is 10.2. The van der Waals surface area contributed by atoms with Crippen LogP contribution in [0.2, 0.25) is 5.15 Å². The molecule has 0 aliphatic heterocycles. The summed E-state index contributed by atoms with van der Waals surface area (Å²) >= 11 is 6.03. The molecule has 6 nitrogen and oxygen atoms in total. The first-order valence-corrected chi connectivity index (χ1v) is 6.48. The summed E-state index contributed by atoms with van der Waals surface area (Å²) in [6.07, 6.45) is 3.71. The van der Waals surface area contributed by atoms with E-state index in [0.717, 1.165) is 5.56 Å². The molecule has 2 aromatic heterocycles. The second-order valence-electron chi connectivity index (χ2n) is 4.17. The molecule has 0 saturated carbocycles. The third kappa shape index (κ3) is 2.61. The Kier molecular flexibility index (Phi) is 3.61. The van der Waals surface area contributed by atoms with Crippen LogP contribution in [-0.2, 0) is 4.79 Å². The molecule has 0 bridgehead atoms. The number of carbonyl (C=O) groups is 1. The molecule has 104 valence electrons. The van der Waals surface area contributed by atoms with E-state index in [4.69, 9.17) is 11.6 Å². The first kappa shape index (κ1) is 13.3. The number of anilines is 2. The number of H-pyrrole nitrogens is 1. The lowest BCUT2D eigenvalue weighted by Gasteiger charge is -2.18. The van der Waals surface area contributed by atoms with Crippen LogP contribution in [0.3, 0.4) is 0 Å². The minimum Gasteiger partial charge on any atom is -0.281 e. The van der Waals surface area contributed by atoms with Crippen LogP contribution in [0.4, 0.5) is 11.4 Å². The van der Waals surface area contributed by atoms with Gasteiger partial charge < -0.3 is 0 Å². The molecule has 21 heavy (non-hydrogen) atoms. The van der Waals surface area contributed by atoms with Crippen molar-refractivity contribution in [3.63, 3.8) is 0 Å². The third-order valence-corrected chi connectivity index (χ3v) is 3.23. The van der Waals surface area contributed by atoms with Gasteiger partial charge in [-0.05, 0) is 36.4 Å². The van der Waals surface area contributed by atoms with Gasteiger partial charge in [-0.2, -0.15) is 5.10 Å². The van der Waals surface area contributed by atoms with Crippen molar-refractivity contribution in [2.75, 3.05) is 4.90 Å². The summed E-state index contributed by atoms with van der Waals surface area (Å²) in [6, 6.07) is 10.7. The molecule has 0 unspecified atom stereocenters. The second kappa shape index (κ2) is 5.72. The Morgan fingerprint density at radius 1 is 1.14 bits per heavy atom. The zero-order valence-corrected chi connectivity index (χ0v) is 11.5. The van der Waals surface area contributed by atoms with E-state index in [2.05, 4.69) is 20.2 Å². The van der Waals surface area contributed by atoms with E-state index in [-0.39, 0.29) is 5.15 Å². The van der Waals surface area contributed by atoms with Gasteiger partial charge in [-0.3, -0.25) is 14.8 Å². The average molecular weight is 300 g/mol. The molecule has 0 aliphatic rings. The molecule has 3 aromatic rings. The number of rotatable bonds is 4. The van der Waals surface area contributed by atoms with Crippen LogP contribution in [0.25, 0.3) is 11.4 Å². The summed E-state index contributed by atoms with van der Waals surface area (Å²) in [7, 11) is 0. The number of hydrogen-bond acceptors (Lipinski definition) is 4. The number of benzene rings is 1. The van der Waals surface area contributed by atoms with Crippen molar-refractivity contribution >= 4 is 29.4 Å². The van der Waals surface area contributed by atoms with Crippen molar-refractivity contribution < 1.29 is 4.79 Å². The second-order valence-corrected chi connectivity index (χ2v) is 4.53. The van der Waals surface area contributed by atoms with E-state index in [1.807, 2.05) is 12.1 Å². The number of pyridine rings is 1. The number of aromatic amines is 1. The summed E-state index contributed by atoms with van der Waals surface area (Å²) in [6.45, 7) is 0. The minimum atomic E-state index is 0.268. The molecule has 3 rings (SSSR count). The molecule has 0 spiro atoms. The van der Waals surface area contributed by atoms with Crippen molar-refractivity contribution in [2.45, 2.75) is 0 Å². The Bertz CT molecular complexity index is 742. The van der Waals surface area contributed by atoms with E-state index in [1.54, 1.807) is 30.5 Å². The van der Waals surface area contributed by atoms with Crippen LogP contribution in [0, 0.1) is 0 Å². The molecule has 0 radical (unpaired) electrons. The van der Waals surface area contributed by atoms with E-state index in [0.29, 0.717) is 23.6 Å². The Morgan fingerprint density at radius 2 is 1.95 bits per heavy atom. The van der Waals surface area contributed by atoms with Crippen molar-refractivity contribution in [3.8, 4) is 11.4 Å². The number of aromatic nitrogens is 4. The van der Waals surface area contributed by atoms with Crippen molar-refractivity contribution in [3.05, 3.63) is 54.1 Å². The molecular weight excluding hydrogens is 290 g/mol. The quantitative estimate of drug-likeness (QED) is 0.594. The smallest absolute Gasteiger partial charge is 0.218 e. The van der Waals surface area contributed by atoms with E-state index < -0.39 is 0 Å². The van der Waals surface area contributed by atoms with Crippen molar-refractivity contribution in [2.24, 2.45) is 0 Å². The van der Waals surface area contributed by atoms with Gasteiger partial charge in [0.1, 0.15) is 6.33 Å². The van der Waals surface area contributed by atoms with Gasteiger partial charge in [0, 0.05) is 17.4 Å². The molecule has 0 aliphatic carbocycles. The molecule has 2 heterocycles. The average Bonchev–Trinajstić information content (AvgIpc) is 3.05. The van der Waals surface area contributed by atoms with Gasteiger partial charge in [-0.15, -0.1) is 0 Å². The molecule has 1 N–H and O–H groups in total. The SMILES string of the molecule is O=CN(c1ccc(-c2ncn[nH]2)cc1)c1cccnc1Cl. The first-order valence-electron chi connectivity index (χ1n) is 6.10. The highest BCUT2D eigenvalue weighted by atomic mass is 35.5. The molecule has 0 atom stereocenters. The maximum Gasteiger partial charge on any atom is 0.218 e. The maximum absolute atomic E-state index is 11.4. The number of carbonyl (C=O) groups excluding carboxylic acids is 1. The fraction of sp³-hybridized carbons (Fsp3) is 0. The van der Waals surface area contributed by atoms with Crippen LogP contribution in [-0.4, -0.2) is 26.6 Å². The highest BCUT2D eigenvalue weighted by molar-refractivity contribution is 6.32. The topological polar surface area (TPSA) is 74.8 Å². The largest absolute Gasteiger partial charge is 0.281 e. The summed E-state index contributed by atoms with van der Waals surface area (Å²) in [4.78, 5) is 20.9. The van der Waals surface area contributed by atoms with E-state index >= 15 is 0 Å². The molecule has 0 fully saturated rings. The predicted molar refractivity (Wildman–Crippen MR) is 79.3 cm³/mol. The highest BCUT2D eigenvalue weighted by Gasteiger charge is 2.12. The zero-order chi connectivity index (χ0) is 14.7. The summed E-state index contributed by atoms with van der Waals surface area (Å²) in [5, 5.41) is 6.85. The van der Waals surface area contributed by atoms with Gasteiger partial charge in [0.15, 0.2) is 11.0 Å². The molecule has 1 aromatic carbocycles. The number of nitrogens with zero attached hydrogens (tertiary/aromatic N) is 4. The fourth-order valence-electron chi connectivity index (χ4n) is 1.94. The monoisotopic (exact) mass is 299 g/mol.